The molecule has 120 valence electrons. The predicted octanol–water partition coefficient (Wildman–Crippen LogP) is 3.55. The summed E-state index contributed by atoms with van der Waals surface area (Å²) in [6.07, 6.45) is 0. The summed E-state index contributed by atoms with van der Waals surface area (Å²) in [5.41, 5.74) is 3.61. The molecule has 23 heavy (non-hydrogen) atoms. The van der Waals surface area contributed by atoms with Crippen molar-refractivity contribution >= 4 is 44.7 Å². The van der Waals surface area contributed by atoms with Gasteiger partial charge in [-0.1, -0.05) is 0 Å². The number of hydrogen-bond donors (Lipinski definition) is 1. The third-order valence-electron chi connectivity index (χ3n) is 3.28. The van der Waals surface area contributed by atoms with Crippen LogP contribution >= 0.6 is 22.7 Å². The molecule has 8 heteroatoms. The van der Waals surface area contributed by atoms with E-state index in [-0.39, 0.29) is 5.97 Å². The number of thiophene rings is 1. The fourth-order valence-electron chi connectivity index (χ4n) is 2.26. The molecule has 0 spiro atoms. The van der Waals surface area contributed by atoms with Crippen molar-refractivity contribution in [2.75, 3.05) is 11.9 Å². The number of carbonyl (C=O) groups is 1. The molecule has 0 saturated heterocycles. The number of hydrogen-bond acceptors (Lipinski definition) is 8. The zero-order valence-corrected chi connectivity index (χ0v) is 14.7. The molecule has 3 rings (SSSR count). The number of anilines is 1. The Morgan fingerprint density at radius 1 is 1.35 bits per heavy atom. The average molecular weight is 348 g/mol. The van der Waals surface area contributed by atoms with E-state index in [9.17, 15) is 4.79 Å². The summed E-state index contributed by atoms with van der Waals surface area (Å²) in [5.74, 6) is 1.08. The van der Waals surface area contributed by atoms with Crippen molar-refractivity contribution in [1.82, 2.24) is 15.0 Å². The first-order chi connectivity index (χ1) is 11.1. The van der Waals surface area contributed by atoms with Crippen LogP contribution in [0, 0.1) is 13.8 Å². The van der Waals surface area contributed by atoms with Crippen molar-refractivity contribution in [3.05, 3.63) is 32.8 Å². The van der Waals surface area contributed by atoms with Crippen LogP contribution in [0.3, 0.4) is 0 Å². The largest absolute Gasteiger partial charge is 0.462 e. The minimum Gasteiger partial charge on any atom is -0.462 e. The highest BCUT2D eigenvalue weighted by molar-refractivity contribution is 7.20. The van der Waals surface area contributed by atoms with Gasteiger partial charge >= 0.3 is 5.97 Å². The quantitative estimate of drug-likeness (QED) is 0.711. The maximum atomic E-state index is 12.1. The first-order valence-electron chi connectivity index (χ1n) is 7.16. The lowest BCUT2D eigenvalue weighted by atomic mass is 10.2. The van der Waals surface area contributed by atoms with Gasteiger partial charge in [-0.3, -0.25) is 0 Å². The van der Waals surface area contributed by atoms with E-state index in [0.29, 0.717) is 23.9 Å². The van der Waals surface area contributed by atoms with E-state index in [4.69, 9.17) is 4.74 Å². The van der Waals surface area contributed by atoms with Gasteiger partial charge in [-0.05, 0) is 26.3 Å². The maximum absolute atomic E-state index is 12.1. The van der Waals surface area contributed by atoms with Crippen LogP contribution in [-0.2, 0) is 11.3 Å². The van der Waals surface area contributed by atoms with Gasteiger partial charge in [0, 0.05) is 5.38 Å². The Morgan fingerprint density at radius 2 is 2.17 bits per heavy atom. The minimum atomic E-state index is -0.309. The number of nitrogens with one attached hydrogen (secondary N) is 1. The number of fused-ring (bicyclic) bond motifs is 1. The third kappa shape index (κ3) is 3.18. The summed E-state index contributed by atoms with van der Waals surface area (Å²) in [6.45, 7) is 6.47. The second-order valence-electron chi connectivity index (χ2n) is 4.91. The molecule has 6 nitrogen and oxygen atoms in total. The zero-order chi connectivity index (χ0) is 16.4. The highest BCUT2D eigenvalue weighted by Gasteiger charge is 2.20. The zero-order valence-electron chi connectivity index (χ0n) is 13.0. The molecule has 0 atom stereocenters. The van der Waals surface area contributed by atoms with Crippen LogP contribution in [0.25, 0.3) is 10.2 Å². The van der Waals surface area contributed by atoms with Crippen LogP contribution in [0.5, 0.6) is 0 Å². The van der Waals surface area contributed by atoms with E-state index >= 15 is 0 Å². The molecule has 0 aliphatic carbocycles. The van der Waals surface area contributed by atoms with E-state index in [1.165, 1.54) is 11.3 Å². The van der Waals surface area contributed by atoms with Crippen molar-refractivity contribution in [1.29, 1.82) is 0 Å². The first-order valence-corrected chi connectivity index (χ1v) is 8.92. The average Bonchev–Trinajstić information content (AvgIpc) is 3.13. The Hall–Kier alpha value is -2.06. The molecule has 1 N–H and O–H groups in total. The van der Waals surface area contributed by atoms with Gasteiger partial charge in [0.2, 0.25) is 0 Å². The van der Waals surface area contributed by atoms with E-state index in [2.05, 4.69) is 20.3 Å². The Bertz CT molecular complexity index is 843. The van der Waals surface area contributed by atoms with Gasteiger partial charge in [0.1, 0.15) is 21.3 Å². The Morgan fingerprint density at radius 3 is 2.87 bits per heavy atom. The monoisotopic (exact) mass is 348 g/mol. The summed E-state index contributed by atoms with van der Waals surface area (Å²) in [5, 5.41) is 6.17. The van der Waals surface area contributed by atoms with Crippen LogP contribution in [0.4, 0.5) is 5.82 Å². The Labute approximate surface area is 141 Å². The minimum absolute atomic E-state index is 0.309. The smallest absolute Gasteiger partial charge is 0.348 e. The molecule has 0 unspecified atom stereocenters. The molecular formula is C15H16N4O2S2. The predicted molar refractivity (Wildman–Crippen MR) is 92.3 cm³/mol. The molecule has 0 bridgehead atoms. The van der Waals surface area contributed by atoms with Crippen molar-refractivity contribution in [2.24, 2.45) is 0 Å². The van der Waals surface area contributed by atoms with Crippen LogP contribution in [-0.4, -0.2) is 27.5 Å². The van der Waals surface area contributed by atoms with E-state index in [0.717, 1.165) is 27.3 Å². The highest BCUT2D eigenvalue weighted by Crippen LogP contribution is 2.34. The Balaban J connectivity index is 2.01. The molecule has 0 fully saturated rings. The number of thiazole rings is 1. The summed E-state index contributed by atoms with van der Waals surface area (Å²) in [6, 6.07) is 0. The van der Waals surface area contributed by atoms with Crippen molar-refractivity contribution in [3.63, 3.8) is 0 Å². The van der Waals surface area contributed by atoms with Gasteiger partial charge in [0.25, 0.3) is 0 Å². The summed E-state index contributed by atoms with van der Waals surface area (Å²) in [4.78, 5) is 26.7. The molecule has 3 aromatic rings. The van der Waals surface area contributed by atoms with Gasteiger partial charge in [0.05, 0.1) is 29.7 Å². The molecule has 0 aromatic carbocycles. The van der Waals surface area contributed by atoms with Crippen LogP contribution in [0.1, 0.15) is 33.7 Å². The molecule has 0 saturated carbocycles. The molecule has 0 aliphatic rings. The van der Waals surface area contributed by atoms with Gasteiger partial charge in [-0.25, -0.2) is 19.7 Å². The SMILES string of the molecule is CCOC(=O)c1sc2nc(C)nc(NCc3cscn3)c2c1C. The van der Waals surface area contributed by atoms with E-state index < -0.39 is 0 Å². The highest BCUT2D eigenvalue weighted by atomic mass is 32.1. The van der Waals surface area contributed by atoms with Crippen molar-refractivity contribution in [2.45, 2.75) is 27.3 Å². The summed E-state index contributed by atoms with van der Waals surface area (Å²) >= 11 is 2.90. The van der Waals surface area contributed by atoms with Crippen LogP contribution in [0.15, 0.2) is 10.9 Å². The topological polar surface area (TPSA) is 77.0 Å². The maximum Gasteiger partial charge on any atom is 0.348 e. The lowest BCUT2D eigenvalue weighted by molar-refractivity contribution is 0.0531. The standard InChI is InChI=1S/C15H16N4O2S2/c1-4-21-15(20)12-8(2)11-13(16-5-10-6-22-7-17-10)18-9(3)19-14(11)23-12/h6-7H,4-5H2,1-3H3,(H,16,18,19). The number of carbonyl (C=O) groups excluding carboxylic acids is 1. The molecule has 0 radical (unpaired) electrons. The number of aromatic nitrogens is 3. The second kappa shape index (κ2) is 6.59. The van der Waals surface area contributed by atoms with Crippen LogP contribution in [0.2, 0.25) is 0 Å². The molecule has 3 aromatic heterocycles. The van der Waals surface area contributed by atoms with Gasteiger partial charge < -0.3 is 10.1 Å². The van der Waals surface area contributed by atoms with Crippen molar-refractivity contribution in [3.8, 4) is 0 Å². The van der Waals surface area contributed by atoms with Gasteiger partial charge in [0.15, 0.2) is 0 Å². The normalized spacial score (nSPS) is 10.9. The number of rotatable bonds is 5. The Kier molecular flexibility index (Phi) is 4.53. The molecule has 0 amide bonds. The first kappa shape index (κ1) is 15.8. The number of ether oxygens (including phenoxy) is 1. The van der Waals surface area contributed by atoms with Gasteiger partial charge in [-0.2, -0.15) is 0 Å². The third-order valence-corrected chi connectivity index (χ3v) is 5.08. The van der Waals surface area contributed by atoms with Crippen LogP contribution < -0.4 is 5.32 Å². The number of esters is 1. The van der Waals surface area contributed by atoms with Gasteiger partial charge in [-0.15, -0.1) is 22.7 Å². The fourth-order valence-corrected chi connectivity index (χ4v) is 3.94. The lowest BCUT2D eigenvalue weighted by Gasteiger charge is -2.07. The van der Waals surface area contributed by atoms with E-state index in [1.54, 1.807) is 23.8 Å². The number of aryl methyl sites for hydroxylation is 2. The van der Waals surface area contributed by atoms with E-state index in [1.807, 2.05) is 19.2 Å². The molecule has 0 aliphatic heterocycles. The summed E-state index contributed by atoms with van der Waals surface area (Å²) in [7, 11) is 0. The number of nitrogens with zero attached hydrogens (tertiary/aromatic N) is 3. The fraction of sp³-hybridized carbons (Fsp3) is 0.333. The summed E-state index contributed by atoms with van der Waals surface area (Å²) < 4.78 is 5.12. The molecular weight excluding hydrogens is 332 g/mol. The van der Waals surface area contributed by atoms with Crippen molar-refractivity contribution < 1.29 is 9.53 Å². The second-order valence-corrected chi connectivity index (χ2v) is 6.63. The molecule has 3 heterocycles. The lowest BCUT2D eigenvalue weighted by Crippen LogP contribution is -2.05.